The summed E-state index contributed by atoms with van der Waals surface area (Å²) in [4.78, 5) is -0.478. The summed E-state index contributed by atoms with van der Waals surface area (Å²) in [6.07, 6.45) is 0. The Morgan fingerprint density at radius 1 is 1.38 bits per heavy atom. The number of hydrogen-bond acceptors (Lipinski definition) is 3. The van der Waals surface area contributed by atoms with Crippen LogP contribution >= 0.6 is 0 Å². The van der Waals surface area contributed by atoms with Crippen LogP contribution in [-0.2, 0) is 9.84 Å². The van der Waals surface area contributed by atoms with E-state index in [2.05, 4.69) is 0 Å². The van der Waals surface area contributed by atoms with Gasteiger partial charge in [0.25, 0.3) is 0 Å². The van der Waals surface area contributed by atoms with Gasteiger partial charge in [-0.1, -0.05) is 6.92 Å². The maximum absolute atomic E-state index is 13.3. The van der Waals surface area contributed by atoms with Crippen molar-refractivity contribution in [2.24, 2.45) is 11.7 Å². The molecule has 1 aromatic rings. The summed E-state index contributed by atoms with van der Waals surface area (Å²) >= 11 is 0. The van der Waals surface area contributed by atoms with Crippen molar-refractivity contribution in [2.45, 2.75) is 11.8 Å². The van der Waals surface area contributed by atoms with E-state index in [0.29, 0.717) is 6.07 Å². The molecule has 0 aromatic heterocycles. The Bertz CT molecular complexity index is 474. The first-order chi connectivity index (χ1) is 7.36. The molecule has 0 radical (unpaired) electrons. The van der Waals surface area contributed by atoms with Crippen LogP contribution in [0.3, 0.4) is 0 Å². The molecule has 1 atom stereocenters. The zero-order chi connectivity index (χ0) is 12.3. The molecule has 1 rings (SSSR count). The molecule has 1 unspecified atom stereocenters. The number of halogens is 2. The lowest BCUT2D eigenvalue weighted by Crippen LogP contribution is -2.21. The molecular weight excluding hydrogens is 236 g/mol. The van der Waals surface area contributed by atoms with E-state index in [-0.39, 0.29) is 18.2 Å². The van der Waals surface area contributed by atoms with Crippen molar-refractivity contribution >= 4 is 9.84 Å². The van der Waals surface area contributed by atoms with Gasteiger partial charge in [-0.15, -0.1) is 0 Å². The van der Waals surface area contributed by atoms with Gasteiger partial charge in [0.2, 0.25) is 0 Å². The van der Waals surface area contributed by atoms with E-state index in [1.807, 2.05) is 0 Å². The monoisotopic (exact) mass is 249 g/mol. The quantitative estimate of drug-likeness (QED) is 0.819. The molecule has 16 heavy (non-hydrogen) atoms. The Morgan fingerprint density at radius 3 is 2.50 bits per heavy atom. The molecule has 0 saturated heterocycles. The topological polar surface area (TPSA) is 60.2 Å². The van der Waals surface area contributed by atoms with Gasteiger partial charge in [-0.25, -0.2) is 17.2 Å². The molecule has 0 aliphatic heterocycles. The highest BCUT2D eigenvalue weighted by molar-refractivity contribution is 7.91. The van der Waals surface area contributed by atoms with E-state index < -0.39 is 26.4 Å². The third-order valence-corrected chi connectivity index (χ3v) is 4.14. The van der Waals surface area contributed by atoms with Crippen molar-refractivity contribution in [1.29, 1.82) is 0 Å². The molecule has 2 N–H and O–H groups in total. The predicted molar refractivity (Wildman–Crippen MR) is 56.6 cm³/mol. The number of rotatable bonds is 4. The molecule has 90 valence electrons. The number of nitrogens with two attached hydrogens (primary N) is 1. The fraction of sp³-hybridized carbons (Fsp3) is 0.400. The van der Waals surface area contributed by atoms with Crippen molar-refractivity contribution in [3.05, 3.63) is 29.8 Å². The van der Waals surface area contributed by atoms with Crippen molar-refractivity contribution in [2.75, 3.05) is 12.3 Å². The van der Waals surface area contributed by atoms with Crippen LogP contribution in [0.4, 0.5) is 8.78 Å². The lowest BCUT2D eigenvalue weighted by atomic mass is 10.2. The van der Waals surface area contributed by atoms with Gasteiger partial charge >= 0.3 is 0 Å². The van der Waals surface area contributed by atoms with Crippen LogP contribution in [0.1, 0.15) is 6.92 Å². The Kier molecular flexibility index (Phi) is 3.98. The standard InChI is InChI=1S/C10H13F2NO2S/c1-7(5-13)6-16(14,15)10-3-2-8(11)4-9(10)12/h2-4,7H,5-6,13H2,1H3. The molecule has 0 spiro atoms. The normalized spacial score (nSPS) is 13.8. The predicted octanol–water partition coefficient (Wildman–Crippen LogP) is 1.33. The summed E-state index contributed by atoms with van der Waals surface area (Å²) in [5, 5.41) is 0. The van der Waals surface area contributed by atoms with Crippen LogP contribution in [0, 0.1) is 17.6 Å². The van der Waals surface area contributed by atoms with E-state index in [4.69, 9.17) is 5.73 Å². The fourth-order valence-corrected chi connectivity index (χ4v) is 2.96. The van der Waals surface area contributed by atoms with E-state index in [1.54, 1.807) is 6.92 Å². The van der Waals surface area contributed by atoms with E-state index in [0.717, 1.165) is 12.1 Å². The SMILES string of the molecule is CC(CN)CS(=O)(=O)c1ccc(F)cc1F. The van der Waals surface area contributed by atoms with Gasteiger partial charge in [-0.3, -0.25) is 0 Å². The van der Waals surface area contributed by atoms with Crippen molar-refractivity contribution in [3.8, 4) is 0 Å². The molecule has 3 nitrogen and oxygen atoms in total. The first kappa shape index (κ1) is 13.1. The van der Waals surface area contributed by atoms with Crippen LogP contribution in [0.25, 0.3) is 0 Å². The summed E-state index contributed by atoms with van der Waals surface area (Å²) in [6, 6.07) is 2.41. The number of hydrogen-bond donors (Lipinski definition) is 1. The largest absolute Gasteiger partial charge is 0.330 e. The molecule has 0 amide bonds. The van der Waals surface area contributed by atoms with Crippen LogP contribution in [0.15, 0.2) is 23.1 Å². The second-order valence-corrected chi connectivity index (χ2v) is 5.70. The van der Waals surface area contributed by atoms with Crippen molar-refractivity contribution in [1.82, 2.24) is 0 Å². The minimum absolute atomic E-state index is 0.196. The van der Waals surface area contributed by atoms with Gasteiger partial charge in [0.15, 0.2) is 9.84 Å². The van der Waals surface area contributed by atoms with E-state index >= 15 is 0 Å². The Labute approximate surface area is 93.2 Å². The first-order valence-corrected chi connectivity index (χ1v) is 6.40. The number of benzene rings is 1. The van der Waals surface area contributed by atoms with Gasteiger partial charge in [-0.05, 0) is 24.6 Å². The molecule has 0 aliphatic carbocycles. The third-order valence-electron chi connectivity index (χ3n) is 2.14. The highest BCUT2D eigenvalue weighted by Gasteiger charge is 2.21. The Balaban J connectivity index is 3.08. The molecular formula is C10H13F2NO2S. The fourth-order valence-electron chi connectivity index (χ4n) is 1.26. The minimum atomic E-state index is -3.74. The van der Waals surface area contributed by atoms with Crippen molar-refractivity contribution in [3.63, 3.8) is 0 Å². The first-order valence-electron chi connectivity index (χ1n) is 4.74. The average Bonchev–Trinajstić information content (AvgIpc) is 2.16. The molecule has 0 heterocycles. The zero-order valence-electron chi connectivity index (χ0n) is 8.78. The Hall–Kier alpha value is -1.01. The van der Waals surface area contributed by atoms with Gasteiger partial charge in [-0.2, -0.15) is 0 Å². The lowest BCUT2D eigenvalue weighted by molar-refractivity contribution is 0.541. The maximum atomic E-state index is 13.3. The second kappa shape index (κ2) is 4.88. The third kappa shape index (κ3) is 2.99. The summed E-state index contributed by atoms with van der Waals surface area (Å²) in [6.45, 7) is 1.85. The summed E-state index contributed by atoms with van der Waals surface area (Å²) in [5.41, 5.74) is 5.30. The Morgan fingerprint density at radius 2 is 2.00 bits per heavy atom. The molecule has 1 aromatic carbocycles. The average molecular weight is 249 g/mol. The number of sulfone groups is 1. The van der Waals surface area contributed by atoms with Crippen LogP contribution in [-0.4, -0.2) is 20.7 Å². The van der Waals surface area contributed by atoms with Crippen LogP contribution in [0.2, 0.25) is 0 Å². The second-order valence-electron chi connectivity index (χ2n) is 3.70. The lowest BCUT2D eigenvalue weighted by Gasteiger charge is -2.10. The van der Waals surface area contributed by atoms with E-state index in [9.17, 15) is 17.2 Å². The molecule has 0 bridgehead atoms. The molecule has 6 heteroatoms. The van der Waals surface area contributed by atoms with Gasteiger partial charge < -0.3 is 5.73 Å². The summed E-state index contributed by atoms with van der Waals surface area (Å²) < 4.78 is 49.3. The van der Waals surface area contributed by atoms with Crippen LogP contribution < -0.4 is 5.73 Å². The zero-order valence-corrected chi connectivity index (χ0v) is 9.60. The van der Waals surface area contributed by atoms with Crippen LogP contribution in [0.5, 0.6) is 0 Å². The smallest absolute Gasteiger partial charge is 0.181 e. The van der Waals surface area contributed by atoms with Crippen molar-refractivity contribution < 1.29 is 17.2 Å². The van der Waals surface area contributed by atoms with Gasteiger partial charge in [0, 0.05) is 6.07 Å². The highest BCUT2D eigenvalue weighted by Crippen LogP contribution is 2.18. The minimum Gasteiger partial charge on any atom is -0.330 e. The molecule has 0 aliphatic rings. The van der Waals surface area contributed by atoms with Gasteiger partial charge in [0.05, 0.1) is 5.75 Å². The maximum Gasteiger partial charge on any atom is 0.181 e. The highest BCUT2D eigenvalue weighted by atomic mass is 32.2. The summed E-state index contributed by atoms with van der Waals surface area (Å²) in [7, 11) is -3.74. The molecule has 0 fully saturated rings. The van der Waals surface area contributed by atoms with E-state index in [1.165, 1.54) is 0 Å². The van der Waals surface area contributed by atoms with Gasteiger partial charge in [0.1, 0.15) is 16.5 Å². The molecule has 0 saturated carbocycles. The summed E-state index contributed by atoms with van der Waals surface area (Å²) in [5.74, 6) is -2.38.